The number of aromatic nitrogens is 3. The van der Waals surface area contributed by atoms with Gasteiger partial charge in [0.05, 0.1) is 5.69 Å². The molecule has 2 heterocycles. The van der Waals surface area contributed by atoms with Crippen LogP contribution in [0.3, 0.4) is 0 Å². The van der Waals surface area contributed by atoms with E-state index in [-0.39, 0.29) is 11.0 Å². The predicted octanol–water partition coefficient (Wildman–Crippen LogP) is 4.42. The molecule has 106 valence electrons. The Bertz CT molecular complexity index is 720. The maximum atomic E-state index is 12.1. The fourth-order valence-corrected chi connectivity index (χ4v) is 3.61. The fraction of sp³-hybridized carbons (Fsp3) is 0.308. The molecule has 0 saturated carbocycles. The maximum Gasteiger partial charge on any atom is 0.265 e. The lowest BCUT2D eigenvalue weighted by atomic mass is 9.92. The Labute approximate surface area is 141 Å². The number of nitrogens with one attached hydrogen (secondary N) is 1. The van der Waals surface area contributed by atoms with Crippen molar-refractivity contribution >= 4 is 47.8 Å². The number of H-pyrrole nitrogens is 1. The molecule has 0 fully saturated rings. The number of aromatic amines is 1. The largest absolute Gasteiger partial charge is 0.304 e. The second kappa shape index (κ2) is 5.69. The van der Waals surface area contributed by atoms with E-state index in [0.29, 0.717) is 21.7 Å². The zero-order chi connectivity index (χ0) is 15.1. The van der Waals surface area contributed by atoms with Crippen LogP contribution in [0.15, 0.2) is 30.5 Å². The van der Waals surface area contributed by atoms with Crippen molar-refractivity contribution in [2.75, 3.05) is 0 Å². The lowest BCUT2D eigenvalue weighted by molar-refractivity contribution is 0.562. The van der Waals surface area contributed by atoms with Crippen molar-refractivity contribution in [2.24, 2.45) is 0 Å². The first-order valence-electron chi connectivity index (χ1n) is 5.82. The van der Waals surface area contributed by atoms with Gasteiger partial charge in [0.2, 0.25) is 0 Å². The summed E-state index contributed by atoms with van der Waals surface area (Å²) < 4.78 is 2.07. The van der Waals surface area contributed by atoms with Gasteiger partial charge in [-0.2, -0.15) is 0 Å². The summed E-state index contributed by atoms with van der Waals surface area (Å²) >= 11 is 10.1. The number of hydrogen-bond donors (Lipinski definition) is 1. The molecule has 20 heavy (non-hydrogen) atoms. The molecule has 0 aliphatic heterocycles. The van der Waals surface area contributed by atoms with Crippen LogP contribution in [0.5, 0.6) is 0 Å². The number of hydrogen-bond acceptors (Lipinski definition) is 3. The van der Waals surface area contributed by atoms with Crippen molar-refractivity contribution < 1.29 is 0 Å². The van der Waals surface area contributed by atoms with E-state index in [1.807, 2.05) is 26.8 Å². The van der Waals surface area contributed by atoms with Gasteiger partial charge in [-0.1, -0.05) is 20.8 Å². The fourth-order valence-electron chi connectivity index (χ4n) is 1.66. The van der Waals surface area contributed by atoms with E-state index in [2.05, 4.69) is 62.7 Å². The molecule has 2 aromatic rings. The van der Waals surface area contributed by atoms with Crippen LogP contribution in [-0.2, 0) is 5.41 Å². The molecule has 1 N–H and O–H groups in total. The summed E-state index contributed by atoms with van der Waals surface area (Å²) in [6.45, 7) is 6.02. The van der Waals surface area contributed by atoms with Crippen LogP contribution in [0.25, 0.3) is 11.5 Å². The van der Waals surface area contributed by atoms with Crippen molar-refractivity contribution in [3.05, 3.63) is 41.7 Å². The van der Waals surface area contributed by atoms with Gasteiger partial charge in [-0.05, 0) is 53.9 Å². The van der Waals surface area contributed by atoms with E-state index < -0.39 is 0 Å². The van der Waals surface area contributed by atoms with Gasteiger partial charge in [-0.3, -0.25) is 9.78 Å². The highest BCUT2D eigenvalue weighted by Crippen LogP contribution is 2.30. The summed E-state index contributed by atoms with van der Waals surface area (Å²) in [5.74, 6) is 0.447. The molecule has 0 spiro atoms. The molecule has 0 bridgehead atoms. The number of halogens is 3. The molecule has 0 saturated heterocycles. The van der Waals surface area contributed by atoms with Crippen LogP contribution in [0.4, 0.5) is 0 Å². The van der Waals surface area contributed by atoms with Gasteiger partial charge in [0.1, 0.15) is 10.2 Å². The minimum atomic E-state index is -0.246. The maximum absolute atomic E-state index is 12.1. The zero-order valence-corrected chi connectivity index (χ0v) is 15.8. The summed E-state index contributed by atoms with van der Waals surface area (Å²) in [6.07, 6.45) is 1.67. The molecule has 0 aliphatic carbocycles. The highest BCUT2D eigenvalue weighted by atomic mass is 79.9. The van der Waals surface area contributed by atoms with E-state index in [0.717, 1.165) is 8.95 Å². The van der Waals surface area contributed by atoms with Gasteiger partial charge >= 0.3 is 0 Å². The first kappa shape index (κ1) is 15.9. The van der Waals surface area contributed by atoms with Crippen molar-refractivity contribution in [3.63, 3.8) is 0 Å². The van der Waals surface area contributed by atoms with E-state index in [1.54, 1.807) is 6.20 Å². The van der Waals surface area contributed by atoms with Crippen LogP contribution < -0.4 is 5.56 Å². The van der Waals surface area contributed by atoms with Crippen molar-refractivity contribution in [3.8, 4) is 11.5 Å². The summed E-state index contributed by atoms with van der Waals surface area (Å²) in [5.41, 5.74) is 0.844. The van der Waals surface area contributed by atoms with Crippen LogP contribution in [0.2, 0.25) is 0 Å². The smallest absolute Gasteiger partial charge is 0.265 e. The average molecular weight is 466 g/mol. The van der Waals surface area contributed by atoms with Crippen LogP contribution in [0.1, 0.15) is 26.5 Å². The lowest BCUT2D eigenvalue weighted by Gasteiger charge is -2.19. The Balaban J connectivity index is 2.70. The second-order valence-corrected chi connectivity index (χ2v) is 7.87. The Kier molecular flexibility index (Phi) is 4.51. The minimum Gasteiger partial charge on any atom is -0.304 e. The Morgan fingerprint density at radius 3 is 2.40 bits per heavy atom. The standard InChI is InChI=1S/C13H12Br3N3O/c1-13(2,3)10-8(16)12(20)19-11(18-10)9-7(15)4-6(14)5-17-9/h4-5H,1-3H3,(H,18,19,20). The molecule has 0 radical (unpaired) electrons. The molecule has 0 aromatic carbocycles. The normalized spacial score (nSPS) is 11.7. The molecule has 2 rings (SSSR count). The molecule has 0 aliphatic rings. The van der Waals surface area contributed by atoms with Crippen LogP contribution >= 0.6 is 47.8 Å². The summed E-state index contributed by atoms with van der Waals surface area (Å²) in [6, 6.07) is 1.86. The first-order chi connectivity index (χ1) is 9.20. The van der Waals surface area contributed by atoms with Gasteiger partial charge in [-0.25, -0.2) is 4.98 Å². The second-order valence-electron chi connectivity index (χ2n) is 5.31. The SMILES string of the molecule is CC(C)(C)c1nc(-c2ncc(Br)cc2Br)[nH]c(=O)c1Br. The predicted molar refractivity (Wildman–Crippen MR) is 89.9 cm³/mol. The molecule has 0 atom stereocenters. The quantitative estimate of drug-likeness (QED) is 0.678. The zero-order valence-electron chi connectivity index (χ0n) is 11.1. The third-order valence-electron chi connectivity index (χ3n) is 2.61. The van der Waals surface area contributed by atoms with E-state index in [1.165, 1.54) is 0 Å². The monoisotopic (exact) mass is 463 g/mol. The molecular weight excluding hydrogens is 454 g/mol. The summed E-state index contributed by atoms with van der Waals surface area (Å²) in [4.78, 5) is 23.7. The van der Waals surface area contributed by atoms with Gasteiger partial charge < -0.3 is 4.98 Å². The van der Waals surface area contributed by atoms with Gasteiger partial charge in [0.15, 0.2) is 5.82 Å². The number of rotatable bonds is 1. The van der Waals surface area contributed by atoms with E-state index >= 15 is 0 Å². The number of nitrogens with zero attached hydrogens (tertiary/aromatic N) is 2. The minimum absolute atomic E-state index is 0.212. The Morgan fingerprint density at radius 1 is 1.20 bits per heavy atom. The molecule has 0 amide bonds. The van der Waals surface area contributed by atoms with Crippen molar-refractivity contribution in [2.45, 2.75) is 26.2 Å². The van der Waals surface area contributed by atoms with Crippen molar-refractivity contribution in [1.82, 2.24) is 15.0 Å². The van der Waals surface area contributed by atoms with Crippen LogP contribution in [0, 0.1) is 0 Å². The molecule has 0 unspecified atom stereocenters. The highest BCUT2D eigenvalue weighted by molar-refractivity contribution is 9.11. The van der Waals surface area contributed by atoms with Gasteiger partial charge in [-0.15, -0.1) is 0 Å². The third-order valence-corrected chi connectivity index (χ3v) is 4.38. The topological polar surface area (TPSA) is 58.6 Å². The third kappa shape index (κ3) is 3.20. The highest BCUT2D eigenvalue weighted by Gasteiger charge is 2.23. The van der Waals surface area contributed by atoms with Crippen molar-refractivity contribution in [1.29, 1.82) is 0 Å². The first-order valence-corrected chi connectivity index (χ1v) is 8.20. The Hall–Kier alpha value is -0.530. The molecule has 2 aromatic heterocycles. The van der Waals surface area contributed by atoms with E-state index in [4.69, 9.17) is 0 Å². The number of pyridine rings is 1. The summed E-state index contributed by atoms with van der Waals surface area (Å²) in [5, 5.41) is 0. The molecular formula is C13H12Br3N3O. The molecule has 4 nitrogen and oxygen atoms in total. The van der Waals surface area contributed by atoms with E-state index in [9.17, 15) is 4.79 Å². The average Bonchev–Trinajstić information content (AvgIpc) is 2.31. The molecule has 7 heteroatoms. The van der Waals surface area contributed by atoms with Gasteiger partial charge in [0, 0.05) is 20.6 Å². The summed E-state index contributed by atoms with van der Waals surface area (Å²) in [7, 11) is 0. The lowest BCUT2D eigenvalue weighted by Crippen LogP contribution is -2.22. The Morgan fingerprint density at radius 2 is 1.85 bits per heavy atom. The van der Waals surface area contributed by atoms with Crippen LogP contribution in [-0.4, -0.2) is 15.0 Å². The van der Waals surface area contributed by atoms with Gasteiger partial charge in [0.25, 0.3) is 5.56 Å².